The molecule has 0 unspecified atom stereocenters. The molecule has 1 aromatic heterocycles. The largest absolute Gasteiger partial charge is 0.456 e. The lowest BCUT2D eigenvalue weighted by Gasteiger charge is -2.25. The zero-order valence-electron chi connectivity index (χ0n) is 25.4. The van der Waals surface area contributed by atoms with Crippen LogP contribution in [-0.4, -0.2) is 0 Å². The molecule has 0 amide bonds. The molecule has 1 heterocycles. The van der Waals surface area contributed by atoms with Crippen LogP contribution in [0, 0.1) is 0 Å². The Labute approximate surface area is 277 Å². The quantitative estimate of drug-likeness (QED) is 0.178. The van der Waals surface area contributed by atoms with Gasteiger partial charge in [-0.2, -0.15) is 0 Å². The third-order valence-corrected chi connectivity index (χ3v) is 9.34. The van der Waals surface area contributed by atoms with E-state index in [4.69, 9.17) is 16.0 Å². The number of benzene rings is 8. The standard InChI is InChI=1S/C44H28ClNO/c45-30-24-27-38-41(28-30)47-40-21-11-20-39(44(38)40)43-36-18-9-7-16-34(36)42(35-17-8-10-19-37(35)43)29-22-25-33(26-23-29)46(31-12-3-1-4-13-31)32-14-5-2-6-15-32/h1-28H. The highest BCUT2D eigenvalue weighted by atomic mass is 35.5. The Morgan fingerprint density at radius 1 is 0.404 bits per heavy atom. The monoisotopic (exact) mass is 621 g/mol. The van der Waals surface area contributed by atoms with Crippen LogP contribution >= 0.6 is 11.6 Å². The molecule has 0 N–H and O–H groups in total. The molecular formula is C44H28ClNO. The molecule has 2 nitrogen and oxygen atoms in total. The van der Waals surface area contributed by atoms with E-state index in [0.717, 1.165) is 44.6 Å². The van der Waals surface area contributed by atoms with Crippen LogP contribution in [0.25, 0.3) is 65.7 Å². The highest BCUT2D eigenvalue weighted by Gasteiger charge is 2.20. The molecule has 0 aliphatic heterocycles. The molecule has 0 aliphatic rings. The minimum atomic E-state index is 0.667. The van der Waals surface area contributed by atoms with Crippen molar-refractivity contribution < 1.29 is 4.42 Å². The molecule has 3 heteroatoms. The van der Waals surface area contributed by atoms with Crippen molar-refractivity contribution in [3.05, 3.63) is 175 Å². The van der Waals surface area contributed by atoms with E-state index in [1.807, 2.05) is 18.2 Å². The summed E-state index contributed by atoms with van der Waals surface area (Å²) in [4.78, 5) is 2.30. The van der Waals surface area contributed by atoms with Crippen LogP contribution in [0.5, 0.6) is 0 Å². The molecule has 0 aliphatic carbocycles. The van der Waals surface area contributed by atoms with Gasteiger partial charge in [0.1, 0.15) is 11.2 Å². The van der Waals surface area contributed by atoms with Crippen LogP contribution < -0.4 is 4.90 Å². The predicted octanol–water partition coefficient (Wildman–Crippen LogP) is 13.3. The first-order valence-electron chi connectivity index (χ1n) is 15.8. The van der Waals surface area contributed by atoms with Crippen molar-refractivity contribution in [1.82, 2.24) is 0 Å². The van der Waals surface area contributed by atoms with E-state index in [-0.39, 0.29) is 0 Å². The number of halogens is 1. The Balaban J connectivity index is 1.27. The van der Waals surface area contributed by atoms with Crippen LogP contribution in [0.2, 0.25) is 5.02 Å². The smallest absolute Gasteiger partial charge is 0.136 e. The number of hydrogen-bond donors (Lipinski definition) is 0. The van der Waals surface area contributed by atoms with Crippen LogP contribution in [-0.2, 0) is 0 Å². The number of fused-ring (bicyclic) bond motifs is 5. The number of rotatable bonds is 5. The molecule has 0 bridgehead atoms. The predicted molar refractivity (Wildman–Crippen MR) is 199 cm³/mol. The van der Waals surface area contributed by atoms with Gasteiger partial charge in [-0.05, 0) is 98.4 Å². The van der Waals surface area contributed by atoms with Gasteiger partial charge in [-0.15, -0.1) is 0 Å². The summed E-state index contributed by atoms with van der Waals surface area (Å²) in [5.74, 6) is 0. The lowest BCUT2D eigenvalue weighted by atomic mass is 9.85. The van der Waals surface area contributed by atoms with Crippen LogP contribution in [0.3, 0.4) is 0 Å². The van der Waals surface area contributed by atoms with Crippen molar-refractivity contribution in [1.29, 1.82) is 0 Å². The molecule has 222 valence electrons. The Morgan fingerprint density at radius 2 is 0.936 bits per heavy atom. The van der Waals surface area contributed by atoms with Gasteiger partial charge in [0.05, 0.1) is 0 Å². The van der Waals surface area contributed by atoms with Crippen molar-refractivity contribution in [2.75, 3.05) is 4.90 Å². The zero-order chi connectivity index (χ0) is 31.3. The van der Waals surface area contributed by atoms with E-state index in [1.165, 1.54) is 38.2 Å². The van der Waals surface area contributed by atoms with Crippen molar-refractivity contribution in [2.45, 2.75) is 0 Å². The summed E-state index contributed by atoms with van der Waals surface area (Å²) < 4.78 is 6.32. The Hall–Kier alpha value is -5.83. The number of para-hydroxylation sites is 2. The van der Waals surface area contributed by atoms with E-state index in [9.17, 15) is 0 Å². The fourth-order valence-electron chi connectivity index (χ4n) is 7.12. The normalized spacial score (nSPS) is 11.5. The second kappa shape index (κ2) is 11.2. The van der Waals surface area contributed by atoms with E-state index in [2.05, 4.69) is 157 Å². The third kappa shape index (κ3) is 4.57. The van der Waals surface area contributed by atoms with Crippen LogP contribution in [0.15, 0.2) is 174 Å². The molecule has 0 saturated heterocycles. The maximum atomic E-state index is 6.36. The molecule has 0 spiro atoms. The molecule has 9 aromatic rings. The maximum Gasteiger partial charge on any atom is 0.136 e. The molecule has 0 fully saturated rings. The molecule has 0 atom stereocenters. The van der Waals surface area contributed by atoms with Gasteiger partial charge >= 0.3 is 0 Å². The third-order valence-electron chi connectivity index (χ3n) is 9.10. The Morgan fingerprint density at radius 3 is 1.53 bits per heavy atom. The summed E-state index contributed by atoms with van der Waals surface area (Å²) in [6.07, 6.45) is 0. The first-order chi connectivity index (χ1) is 23.2. The summed E-state index contributed by atoms with van der Waals surface area (Å²) in [6.45, 7) is 0. The van der Waals surface area contributed by atoms with Gasteiger partial charge < -0.3 is 9.32 Å². The van der Waals surface area contributed by atoms with Gasteiger partial charge in [0.15, 0.2) is 0 Å². The average molecular weight is 622 g/mol. The second-order valence-electron chi connectivity index (χ2n) is 11.8. The number of anilines is 3. The van der Waals surface area contributed by atoms with E-state index < -0.39 is 0 Å². The minimum absolute atomic E-state index is 0.667. The lowest BCUT2D eigenvalue weighted by Crippen LogP contribution is -2.09. The number of hydrogen-bond acceptors (Lipinski definition) is 2. The topological polar surface area (TPSA) is 16.4 Å². The Bertz CT molecular complexity index is 2470. The van der Waals surface area contributed by atoms with Crippen LogP contribution in [0.1, 0.15) is 0 Å². The first kappa shape index (κ1) is 27.5. The van der Waals surface area contributed by atoms with Crippen molar-refractivity contribution in [2.24, 2.45) is 0 Å². The molecule has 8 aromatic carbocycles. The number of furan rings is 1. The molecule has 0 radical (unpaired) electrons. The molecule has 0 saturated carbocycles. The second-order valence-corrected chi connectivity index (χ2v) is 12.3. The average Bonchev–Trinajstić information content (AvgIpc) is 3.50. The minimum Gasteiger partial charge on any atom is -0.456 e. The van der Waals surface area contributed by atoms with Gasteiger partial charge in [-0.25, -0.2) is 0 Å². The van der Waals surface area contributed by atoms with Crippen LogP contribution in [0.4, 0.5) is 17.1 Å². The Kier molecular flexibility index (Phi) is 6.55. The van der Waals surface area contributed by atoms with E-state index in [1.54, 1.807) is 0 Å². The fourth-order valence-corrected chi connectivity index (χ4v) is 7.28. The van der Waals surface area contributed by atoms with E-state index >= 15 is 0 Å². The lowest BCUT2D eigenvalue weighted by molar-refractivity contribution is 0.669. The van der Waals surface area contributed by atoms with Gasteiger partial charge in [-0.3, -0.25) is 0 Å². The van der Waals surface area contributed by atoms with Crippen molar-refractivity contribution in [3.63, 3.8) is 0 Å². The van der Waals surface area contributed by atoms with Gasteiger partial charge in [0.2, 0.25) is 0 Å². The van der Waals surface area contributed by atoms with Gasteiger partial charge in [-0.1, -0.05) is 121 Å². The molecule has 47 heavy (non-hydrogen) atoms. The summed E-state index contributed by atoms with van der Waals surface area (Å²) in [7, 11) is 0. The summed E-state index contributed by atoms with van der Waals surface area (Å²) in [6, 6.07) is 59.9. The van der Waals surface area contributed by atoms with E-state index in [0.29, 0.717) is 5.02 Å². The van der Waals surface area contributed by atoms with Gasteiger partial charge in [0.25, 0.3) is 0 Å². The van der Waals surface area contributed by atoms with Crippen molar-refractivity contribution in [3.8, 4) is 22.3 Å². The van der Waals surface area contributed by atoms with Crippen molar-refractivity contribution >= 4 is 72.1 Å². The highest BCUT2D eigenvalue weighted by Crippen LogP contribution is 2.47. The first-order valence-corrected chi connectivity index (χ1v) is 16.2. The summed E-state index contributed by atoms with van der Waals surface area (Å²) >= 11 is 6.36. The fraction of sp³-hybridized carbons (Fsp3) is 0. The molecular weight excluding hydrogens is 594 g/mol. The molecule has 9 rings (SSSR count). The highest BCUT2D eigenvalue weighted by molar-refractivity contribution is 6.32. The maximum absolute atomic E-state index is 6.36. The number of nitrogens with zero attached hydrogens (tertiary/aromatic N) is 1. The summed E-state index contributed by atoms with van der Waals surface area (Å²) in [5.41, 5.74) is 9.77. The summed E-state index contributed by atoms with van der Waals surface area (Å²) in [5, 5.41) is 7.67. The van der Waals surface area contributed by atoms with Gasteiger partial charge in [0, 0.05) is 38.9 Å². The SMILES string of the molecule is Clc1ccc2c(c1)oc1cccc(-c3c4ccccc4c(-c4ccc(N(c5ccccc5)c5ccccc5)cc4)c4ccccc34)c12. The zero-order valence-corrected chi connectivity index (χ0v) is 26.2.